The van der Waals surface area contributed by atoms with E-state index in [-0.39, 0.29) is 54.5 Å². The summed E-state index contributed by atoms with van der Waals surface area (Å²) < 4.78 is 25.1. The summed E-state index contributed by atoms with van der Waals surface area (Å²) in [6, 6.07) is 5.03. The van der Waals surface area contributed by atoms with Crippen LogP contribution in [0.3, 0.4) is 0 Å². The highest BCUT2D eigenvalue weighted by molar-refractivity contribution is 5.94. The number of esters is 1. The van der Waals surface area contributed by atoms with Gasteiger partial charge in [0.1, 0.15) is 16.9 Å². The second-order valence-corrected chi connectivity index (χ2v) is 9.34. The third-order valence-corrected chi connectivity index (χ3v) is 6.64. The van der Waals surface area contributed by atoms with Gasteiger partial charge in [0.25, 0.3) is 11.5 Å². The average Bonchev–Trinajstić information content (AvgIpc) is 3.62. The fourth-order valence-electron chi connectivity index (χ4n) is 4.77. The number of hydrogen-bond acceptors (Lipinski definition) is 8. The Hall–Kier alpha value is -4.51. The van der Waals surface area contributed by atoms with Gasteiger partial charge in [-0.2, -0.15) is 4.99 Å². The maximum absolute atomic E-state index is 13.6. The molecular weight excluding hydrogens is 516 g/mol. The largest absolute Gasteiger partial charge is 0.462 e. The molecule has 3 aromatic rings. The number of aryl methyl sites for hydroxylation is 1. The Kier molecular flexibility index (Phi) is 7.92. The van der Waals surface area contributed by atoms with Crippen molar-refractivity contribution in [2.24, 2.45) is 4.99 Å². The Balaban J connectivity index is 1.74. The number of aromatic nitrogens is 3. The van der Waals surface area contributed by atoms with Gasteiger partial charge < -0.3 is 23.5 Å². The van der Waals surface area contributed by atoms with E-state index in [0.29, 0.717) is 29.4 Å². The molecule has 40 heavy (non-hydrogen) atoms. The van der Waals surface area contributed by atoms with Crippen LogP contribution < -0.4 is 11.0 Å². The molecular formula is C29H30N4O7. The van der Waals surface area contributed by atoms with Crippen LogP contribution in [0.2, 0.25) is 0 Å². The summed E-state index contributed by atoms with van der Waals surface area (Å²) in [5.74, 6) is -0.383. The molecule has 2 fully saturated rings. The molecule has 0 N–H and O–H groups in total. The normalized spacial score (nSPS) is 19.4. The number of amides is 1. The standard InChI is InChI=1S/C29H30N4O7/c1-4-8-22-23(40-17-39-22)11-12-24(34)30-27-21(29(36)37-5-2)15-20-26(33(27)16-19-10-7-14-38-19)31-25-18(3)9-6-13-32(25)28(20)35/h4,6,8-9,11,13,15,19H,1,5,7,10,12,14,16-17H2,2-3H3/b22-8+,23-11+,30-27?. The minimum Gasteiger partial charge on any atom is -0.462 e. The smallest absolute Gasteiger partial charge is 0.341 e. The predicted molar refractivity (Wildman–Crippen MR) is 145 cm³/mol. The number of pyridine rings is 2. The molecule has 0 spiro atoms. The van der Waals surface area contributed by atoms with Gasteiger partial charge in [0.05, 0.1) is 31.1 Å². The predicted octanol–water partition coefficient (Wildman–Crippen LogP) is 3.09. The average molecular weight is 547 g/mol. The van der Waals surface area contributed by atoms with Crippen LogP contribution in [0.4, 0.5) is 0 Å². The van der Waals surface area contributed by atoms with Crippen molar-refractivity contribution in [2.45, 2.75) is 45.8 Å². The molecule has 208 valence electrons. The first kappa shape index (κ1) is 27.1. The minimum atomic E-state index is -0.701. The zero-order valence-electron chi connectivity index (χ0n) is 22.4. The quantitative estimate of drug-likeness (QED) is 0.327. The zero-order valence-corrected chi connectivity index (χ0v) is 22.4. The first-order chi connectivity index (χ1) is 19.4. The second kappa shape index (κ2) is 11.7. The summed E-state index contributed by atoms with van der Waals surface area (Å²) in [5, 5.41) is 0.202. The summed E-state index contributed by atoms with van der Waals surface area (Å²) in [7, 11) is 0. The van der Waals surface area contributed by atoms with E-state index in [0.717, 1.165) is 18.4 Å². The highest BCUT2D eigenvalue weighted by atomic mass is 16.7. The van der Waals surface area contributed by atoms with Gasteiger partial charge in [0, 0.05) is 12.8 Å². The van der Waals surface area contributed by atoms with Crippen LogP contribution in [0.5, 0.6) is 0 Å². The molecule has 5 rings (SSSR count). The van der Waals surface area contributed by atoms with Crippen LogP contribution >= 0.6 is 0 Å². The van der Waals surface area contributed by atoms with Gasteiger partial charge in [0.15, 0.2) is 17.0 Å². The van der Waals surface area contributed by atoms with Gasteiger partial charge in [0.2, 0.25) is 6.79 Å². The molecule has 2 aliphatic rings. The van der Waals surface area contributed by atoms with E-state index >= 15 is 0 Å². The van der Waals surface area contributed by atoms with Gasteiger partial charge in [-0.15, -0.1) is 0 Å². The van der Waals surface area contributed by atoms with Crippen molar-refractivity contribution in [3.05, 3.63) is 87.7 Å². The van der Waals surface area contributed by atoms with Crippen molar-refractivity contribution in [1.82, 2.24) is 14.0 Å². The van der Waals surface area contributed by atoms with Crippen molar-refractivity contribution in [2.75, 3.05) is 20.0 Å². The first-order valence-electron chi connectivity index (χ1n) is 13.1. The number of allylic oxidation sites excluding steroid dienone is 2. The Morgan fingerprint density at radius 1 is 1.27 bits per heavy atom. The Labute approximate surface area is 229 Å². The fraction of sp³-hybridized carbons (Fsp3) is 0.345. The third-order valence-electron chi connectivity index (χ3n) is 6.64. The van der Waals surface area contributed by atoms with E-state index in [4.69, 9.17) is 23.9 Å². The van der Waals surface area contributed by atoms with Crippen molar-refractivity contribution in [3.63, 3.8) is 0 Å². The van der Waals surface area contributed by atoms with Crippen LogP contribution in [0, 0.1) is 6.92 Å². The molecule has 5 heterocycles. The molecule has 0 saturated carbocycles. The maximum atomic E-state index is 13.6. The minimum absolute atomic E-state index is 0.00690. The summed E-state index contributed by atoms with van der Waals surface area (Å²) >= 11 is 0. The van der Waals surface area contributed by atoms with Crippen molar-refractivity contribution in [3.8, 4) is 0 Å². The first-order valence-corrected chi connectivity index (χ1v) is 13.1. The lowest BCUT2D eigenvalue weighted by Crippen LogP contribution is -2.35. The van der Waals surface area contributed by atoms with E-state index in [1.807, 2.05) is 13.0 Å². The van der Waals surface area contributed by atoms with Crippen LogP contribution in [-0.4, -0.2) is 51.9 Å². The van der Waals surface area contributed by atoms with Gasteiger partial charge in [-0.05, 0) is 56.5 Å². The molecule has 0 radical (unpaired) electrons. The van der Waals surface area contributed by atoms with E-state index in [1.54, 1.807) is 42.0 Å². The summed E-state index contributed by atoms with van der Waals surface area (Å²) in [4.78, 5) is 49.1. The molecule has 2 aliphatic heterocycles. The molecule has 1 unspecified atom stereocenters. The van der Waals surface area contributed by atoms with Gasteiger partial charge in [-0.3, -0.25) is 14.0 Å². The number of fused-ring (bicyclic) bond motifs is 2. The van der Waals surface area contributed by atoms with Crippen LogP contribution in [-0.2, 0) is 30.3 Å². The summed E-state index contributed by atoms with van der Waals surface area (Å²) in [6.45, 7) is 8.16. The molecule has 0 aliphatic carbocycles. The summed E-state index contributed by atoms with van der Waals surface area (Å²) in [6.07, 6.45) is 7.70. The van der Waals surface area contributed by atoms with E-state index in [2.05, 4.69) is 11.6 Å². The lowest BCUT2D eigenvalue weighted by molar-refractivity contribution is -0.117. The number of nitrogens with zero attached hydrogens (tertiary/aromatic N) is 4. The Morgan fingerprint density at radius 3 is 2.85 bits per heavy atom. The molecule has 3 aromatic heterocycles. The van der Waals surface area contributed by atoms with E-state index in [9.17, 15) is 14.4 Å². The number of ether oxygens (including phenoxy) is 4. The van der Waals surface area contributed by atoms with Crippen LogP contribution in [0.15, 0.2) is 70.5 Å². The number of hydrogen-bond donors (Lipinski definition) is 0. The molecule has 0 bridgehead atoms. The van der Waals surface area contributed by atoms with Gasteiger partial charge in [-0.25, -0.2) is 9.78 Å². The molecule has 11 heteroatoms. The lowest BCUT2D eigenvalue weighted by Gasteiger charge is -2.18. The highest BCUT2D eigenvalue weighted by Crippen LogP contribution is 2.22. The SMILES string of the molecule is C=C/C=C1/OCO/C1=C/CC(=O)N=c1c(C(=O)OCC)cc2c(=O)n3cccc(C)c3nc2n1CC1CCCO1. The number of carbonyl (C=O) groups excluding carboxylic acids is 2. The van der Waals surface area contributed by atoms with Gasteiger partial charge in [-0.1, -0.05) is 18.7 Å². The third kappa shape index (κ3) is 5.32. The zero-order chi connectivity index (χ0) is 28.2. The Bertz CT molecular complexity index is 1690. The number of rotatable bonds is 7. The lowest BCUT2D eigenvalue weighted by atomic mass is 10.1. The van der Waals surface area contributed by atoms with Crippen LogP contribution in [0.25, 0.3) is 16.7 Å². The monoisotopic (exact) mass is 546 g/mol. The Morgan fingerprint density at radius 2 is 2.10 bits per heavy atom. The highest BCUT2D eigenvalue weighted by Gasteiger charge is 2.24. The molecule has 0 aromatic carbocycles. The van der Waals surface area contributed by atoms with Crippen molar-refractivity contribution < 1.29 is 28.5 Å². The molecule has 11 nitrogen and oxygen atoms in total. The summed E-state index contributed by atoms with van der Waals surface area (Å²) in [5.41, 5.74) is 1.26. The van der Waals surface area contributed by atoms with Gasteiger partial charge >= 0.3 is 5.97 Å². The van der Waals surface area contributed by atoms with E-state index in [1.165, 1.54) is 10.5 Å². The molecule has 2 saturated heterocycles. The van der Waals surface area contributed by atoms with Crippen molar-refractivity contribution >= 4 is 28.6 Å². The van der Waals surface area contributed by atoms with E-state index < -0.39 is 11.9 Å². The van der Waals surface area contributed by atoms with Crippen LogP contribution in [0.1, 0.15) is 42.1 Å². The number of carbonyl (C=O) groups is 2. The molecule has 1 atom stereocenters. The molecule has 1 amide bonds. The van der Waals surface area contributed by atoms with Crippen molar-refractivity contribution in [1.29, 1.82) is 0 Å². The topological polar surface area (TPSA) is 123 Å². The fourth-order valence-corrected chi connectivity index (χ4v) is 4.77. The second-order valence-electron chi connectivity index (χ2n) is 9.34. The maximum Gasteiger partial charge on any atom is 0.341 e.